The molecular weight excluding hydrogens is 608 g/mol. The summed E-state index contributed by atoms with van der Waals surface area (Å²) in [5.41, 5.74) is 0. The molecule has 0 aromatic rings. The van der Waals surface area contributed by atoms with Gasteiger partial charge in [0.25, 0.3) is 0 Å². The van der Waals surface area contributed by atoms with E-state index in [1.54, 1.807) is 0 Å². The Balaban J connectivity index is 3.13. The SMILES string of the molecule is CCCCCCCCCCCCCCCC(=O)OCCOCCOCCOCCOCCOCCOCCOCCBr. The molecule has 0 N–H and O–H groups in total. The van der Waals surface area contributed by atoms with Crippen molar-refractivity contribution in [2.24, 2.45) is 0 Å². The van der Waals surface area contributed by atoms with E-state index in [-0.39, 0.29) is 5.97 Å². The molecule has 252 valence electrons. The zero-order valence-corrected chi connectivity index (χ0v) is 28.4. The highest BCUT2D eigenvalue weighted by molar-refractivity contribution is 9.09. The van der Waals surface area contributed by atoms with Crippen LogP contribution < -0.4 is 0 Å². The third-order valence-electron chi connectivity index (χ3n) is 6.43. The van der Waals surface area contributed by atoms with Crippen LogP contribution in [0.1, 0.15) is 96.8 Å². The smallest absolute Gasteiger partial charge is 0.305 e. The molecule has 0 rings (SSSR count). The molecule has 0 amide bonds. The number of alkyl halides is 1. The average molecular weight is 672 g/mol. The van der Waals surface area contributed by atoms with Crippen LogP contribution in [0.15, 0.2) is 0 Å². The molecule has 0 atom stereocenters. The van der Waals surface area contributed by atoms with Crippen LogP contribution in [0, 0.1) is 0 Å². The predicted molar refractivity (Wildman–Crippen MR) is 171 cm³/mol. The van der Waals surface area contributed by atoms with Gasteiger partial charge in [0.05, 0.1) is 92.5 Å². The van der Waals surface area contributed by atoms with E-state index in [0.717, 1.165) is 18.2 Å². The number of hydrogen-bond donors (Lipinski definition) is 0. The van der Waals surface area contributed by atoms with Crippen LogP contribution in [0.3, 0.4) is 0 Å². The van der Waals surface area contributed by atoms with Crippen molar-refractivity contribution in [1.29, 1.82) is 0 Å². The Morgan fingerprint density at radius 2 is 0.690 bits per heavy atom. The van der Waals surface area contributed by atoms with Crippen LogP contribution in [0.5, 0.6) is 0 Å². The minimum absolute atomic E-state index is 0.126. The topological polar surface area (TPSA) is 90.9 Å². The van der Waals surface area contributed by atoms with Crippen molar-refractivity contribution in [3.8, 4) is 0 Å². The first kappa shape index (κ1) is 41.7. The van der Waals surface area contributed by atoms with Gasteiger partial charge in [-0.25, -0.2) is 0 Å². The third kappa shape index (κ3) is 37.7. The fraction of sp³-hybridized carbons (Fsp3) is 0.969. The van der Waals surface area contributed by atoms with Crippen LogP contribution in [0.25, 0.3) is 0 Å². The first-order valence-electron chi connectivity index (χ1n) is 16.6. The van der Waals surface area contributed by atoms with Gasteiger partial charge < -0.3 is 37.9 Å². The maximum Gasteiger partial charge on any atom is 0.305 e. The minimum Gasteiger partial charge on any atom is -0.463 e. The van der Waals surface area contributed by atoms with Crippen molar-refractivity contribution in [3.63, 3.8) is 0 Å². The molecule has 42 heavy (non-hydrogen) atoms. The summed E-state index contributed by atoms with van der Waals surface area (Å²) < 4.78 is 43.2. The fourth-order valence-corrected chi connectivity index (χ4v) is 4.28. The van der Waals surface area contributed by atoms with Crippen LogP contribution in [0.4, 0.5) is 0 Å². The van der Waals surface area contributed by atoms with Crippen LogP contribution in [-0.2, 0) is 42.7 Å². The molecule has 0 spiro atoms. The summed E-state index contributed by atoms with van der Waals surface area (Å²) in [4.78, 5) is 11.8. The van der Waals surface area contributed by atoms with E-state index in [4.69, 9.17) is 37.9 Å². The second kappa shape index (κ2) is 38.7. The summed E-state index contributed by atoms with van der Waals surface area (Å²) in [6.07, 6.45) is 17.4. The van der Waals surface area contributed by atoms with Gasteiger partial charge in [0.15, 0.2) is 0 Å². The van der Waals surface area contributed by atoms with Crippen molar-refractivity contribution < 1.29 is 42.7 Å². The highest BCUT2D eigenvalue weighted by atomic mass is 79.9. The Morgan fingerprint density at radius 3 is 1.02 bits per heavy atom. The summed E-state index contributed by atoms with van der Waals surface area (Å²) in [6, 6.07) is 0. The van der Waals surface area contributed by atoms with Gasteiger partial charge in [-0.1, -0.05) is 99.9 Å². The Kier molecular flexibility index (Phi) is 38.4. The van der Waals surface area contributed by atoms with Crippen molar-refractivity contribution in [3.05, 3.63) is 0 Å². The second-order valence-corrected chi connectivity index (χ2v) is 11.0. The van der Waals surface area contributed by atoms with Gasteiger partial charge in [-0.3, -0.25) is 4.79 Å². The molecule has 0 heterocycles. The number of unbranched alkanes of at least 4 members (excludes halogenated alkanes) is 12. The van der Waals surface area contributed by atoms with Crippen LogP contribution in [0.2, 0.25) is 0 Å². The molecule has 0 aliphatic carbocycles. The monoisotopic (exact) mass is 670 g/mol. The number of carbonyl (C=O) groups excluding carboxylic acids is 1. The van der Waals surface area contributed by atoms with Gasteiger partial charge in [-0.2, -0.15) is 0 Å². The summed E-state index contributed by atoms with van der Waals surface area (Å²) in [5, 5.41) is 0.839. The standard InChI is InChI=1S/C32H63BrO9/c1-2-3-4-5-6-7-8-9-10-11-12-13-14-15-32(34)42-31-30-41-29-28-40-27-26-39-25-24-38-23-22-37-21-20-36-19-18-35-17-16-33/h2-31H2,1H3. The first-order chi connectivity index (χ1) is 20.8. The quantitative estimate of drug-likeness (QED) is 0.0416. The average Bonchev–Trinajstić information content (AvgIpc) is 3.00. The number of carbonyl (C=O) groups is 1. The molecule has 0 aromatic heterocycles. The zero-order chi connectivity index (χ0) is 30.4. The highest BCUT2D eigenvalue weighted by Gasteiger charge is 2.03. The van der Waals surface area contributed by atoms with E-state index in [1.165, 1.54) is 70.6 Å². The Morgan fingerprint density at radius 1 is 0.405 bits per heavy atom. The number of halogens is 1. The summed E-state index contributed by atoms with van der Waals surface area (Å²) in [6.45, 7) is 10.00. The van der Waals surface area contributed by atoms with Crippen molar-refractivity contribution in [2.45, 2.75) is 96.8 Å². The number of ether oxygens (including phenoxy) is 8. The van der Waals surface area contributed by atoms with Crippen LogP contribution in [-0.4, -0.2) is 110 Å². The van der Waals surface area contributed by atoms with E-state index >= 15 is 0 Å². The minimum atomic E-state index is -0.126. The lowest BCUT2D eigenvalue weighted by Crippen LogP contribution is -2.15. The Labute approximate surface area is 265 Å². The lowest BCUT2D eigenvalue weighted by Gasteiger charge is -2.08. The molecule has 0 saturated carbocycles. The number of esters is 1. The van der Waals surface area contributed by atoms with Crippen molar-refractivity contribution >= 4 is 21.9 Å². The van der Waals surface area contributed by atoms with Gasteiger partial charge in [-0.05, 0) is 6.42 Å². The number of rotatable bonds is 37. The molecule has 0 aromatic carbocycles. The van der Waals surface area contributed by atoms with E-state index in [1.807, 2.05) is 0 Å². The van der Waals surface area contributed by atoms with Gasteiger partial charge in [0, 0.05) is 11.8 Å². The molecule has 0 bridgehead atoms. The third-order valence-corrected chi connectivity index (χ3v) is 6.75. The van der Waals surface area contributed by atoms with E-state index in [9.17, 15) is 4.79 Å². The molecule has 0 aliphatic heterocycles. The van der Waals surface area contributed by atoms with Crippen molar-refractivity contribution in [1.82, 2.24) is 0 Å². The van der Waals surface area contributed by atoms with E-state index < -0.39 is 0 Å². The van der Waals surface area contributed by atoms with Gasteiger partial charge in [-0.15, -0.1) is 0 Å². The summed E-state index contributed by atoms with van der Waals surface area (Å²) >= 11 is 3.30. The molecule has 0 unspecified atom stereocenters. The van der Waals surface area contributed by atoms with Gasteiger partial charge in [0.2, 0.25) is 0 Å². The molecule has 10 heteroatoms. The molecule has 0 saturated heterocycles. The molecule has 0 fully saturated rings. The Bertz CT molecular complexity index is 514. The maximum absolute atomic E-state index is 11.8. The first-order valence-corrected chi connectivity index (χ1v) is 17.7. The summed E-state index contributed by atoms with van der Waals surface area (Å²) in [7, 11) is 0. The van der Waals surface area contributed by atoms with Gasteiger partial charge in [0.1, 0.15) is 6.61 Å². The molecule has 0 aliphatic rings. The Hall–Kier alpha value is -0.330. The highest BCUT2D eigenvalue weighted by Crippen LogP contribution is 2.13. The fourth-order valence-electron chi connectivity index (χ4n) is 4.05. The van der Waals surface area contributed by atoms with E-state index in [2.05, 4.69) is 22.9 Å². The zero-order valence-electron chi connectivity index (χ0n) is 26.8. The second-order valence-electron chi connectivity index (χ2n) is 10.2. The normalized spacial score (nSPS) is 11.4. The molecular formula is C32H63BrO9. The number of hydrogen-bond acceptors (Lipinski definition) is 9. The summed E-state index contributed by atoms with van der Waals surface area (Å²) in [5.74, 6) is -0.126. The van der Waals surface area contributed by atoms with Crippen LogP contribution >= 0.6 is 15.9 Å². The lowest BCUT2D eigenvalue weighted by molar-refractivity contribution is -0.145. The van der Waals surface area contributed by atoms with E-state index in [0.29, 0.717) is 106 Å². The van der Waals surface area contributed by atoms with Gasteiger partial charge >= 0.3 is 5.97 Å². The maximum atomic E-state index is 11.8. The largest absolute Gasteiger partial charge is 0.463 e. The van der Waals surface area contributed by atoms with Crippen molar-refractivity contribution in [2.75, 3.05) is 104 Å². The molecule has 0 radical (unpaired) electrons. The predicted octanol–water partition coefficient (Wildman–Crippen LogP) is 6.52. The molecule has 9 nitrogen and oxygen atoms in total. The lowest BCUT2D eigenvalue weighted by atomic mass is 10.0.